The smallest absolute Gasteiger partial charge is 0.338 e. The number of carbonyl (C=O) groups is 4. The van der Waals surface area contributed by atoms with E-state index in [0.717, 1.165) is 11.3 Å². The summed E-state index contributed by atoms with van der Waals surface area (Å²) in [6.07, 6.45) is 4.85. The number of rotatable bonds is 6. The Bertz CT molecular complexity index is 1200. The average molecular weight is 446 g/mol. The van der Waals surface area contributed by atoms with Crippen LogP contribution in [-0.2, 0) is 14.3 Å². The predicted octanol–water partition coefficient (Wildman–Crippen LogP) is 2.95. The van der Waals surface area contributed by atoms with E-state index in [1.165, 1.54) is 36.4 Å². The molecule has 2 amide bonds. The predicted molar refractivity (Wildman–Crippen MR) is 114 cm³/mol. The summed E-state index contributed by atoms with van der Waals surface area (Å²) >= 11 is 0. The summed E-state index contributed by atoms with van der Waals surface area (Å²) in [4.78, 5) is 62.0. The van der Waals surface area contributed by atoms with E-state index in [-0.39, 0.29) is 52.3 Å². The zero-order chi connectivity index (χ0) is 23.3. The SMILES string of the molecule is O=C(COC(=O)c1cccc(N2C(=O)[C@@H]3[C@H](C2=O)[C@H]2C=C[C@H]3C2)c1)c1ccc([N+](=O)[O-])cc1. The molecule has 0 aromatic heterocycles. The van der Waals surface area contributed by atoms with Crippen LogP contribution in [-0.4, -0.2) is 35.1 Å². The highest BCUT2D eigenvalue weighted by atomic mass is 16.6. The highest BCUT2D eigenvalue weighted by molar-refractivity contribution is 6.23. The lowest BCUT2D eigenvalue weighted by Crippen LogP contribution is -2.33. The number of non-ortho nitro benzene ring substituents is 1. The molecular weight excluding hydrogens is 428 g/mol. The van der Waals surface area contributed by atoms with Gasteiger partial charge in [0.15, 0.2) is 12.4 Å². The Kier molecular flexibility index (Phi) is 4.88. The number of benzene rings is 2. The lowest BCUT2D eigenvalue weighted by Gasteiger charge is -2.18. The Morgan fingerprint density at radius 1 is 0.970 bits per heavy atom. The topological polar surface area (TPSA) is 124 Å². The molecular formula is C24H18N2O7. The second-order valence-electron chi connectivity index (χ2n) is 8.37. The third-order valence-electron chi connectivity index (χ3n) is 6.54. The molecule has 3 aliphatic rings. The van der Waals surface area contributed by atoms with Crippen LogP contribution < -0.4 is 4.90 Å². The molecule has 5 rings (SSSR count). The number of Topliss-reactive ketones (excluding diaryl/α,β-unsaturated/α-hetero) is 1. The molecule has 33 heavy (non-hydrogen) atoms. The van der Waals surface area contributed by atoms with Gasteiger partial charge in [0.1, 0.15) is 0 Å². The third-order valence-corrected chi connectivity index (χ3v) is 6.54. The molecule has 1 aliphatic heterocycles. The van der Waals surface area contributed by atoms with Gasteiger partial charge in [-0.1, -0.05) is 18.2 Å². The first-order chi connectivity index (χ1) is 15.8. The van der Waals surface area contributed by atoms with Gasteiger partial charge in [-0.25, -0.2) is 9.69 Å². The number of nitrogens with zero attached hydrogens (tertiary/aromatic N) is 2. The molecule has 2 aliphatic carbocycles. The van der Waals surface area contributed by atoms with Crippen molar-refractivity contribution in [2.45, 2.75) is 6.42 Å². The normalized spacial score (nSPS) is 24.8. The Hall–Kier alpha value is -4.14. The third kappa shape index (κ3) is 3.42. The van der Waals surface area contributed by atoms with Crippen LogP contribution in [0.5, 0.6) is 0 Å². The first-order valence-electron chi connectivity index (χ1n) is 10.5. The summed E-state index contributed by atoms with van der Waals surface area (Å²) in [6, 6.07) is 11.0. The van der Waals surface area contributed by atoms with E-state index in [2.05, 4.69) is 0 Å². The number of allylic oxidation sites excluding steroid dienone is 2. The van der Waals surface area contributed by atoms with Gasteiger partial charge < -0.3 is 4.74 Å². The molecule has 1 saturated carbocycles. The van der Waals surface area contributed by atoms with E-state index in [4.69, 9.17) is 4.74 Å². The Balaban J connectivity index is 1.27. The summed E-state index contributed by atoms with van der Waals surface area (Å²) in [5, 5.41) is 10.7. The number of esters is 1. The monoisotopic (exact) mass is 446 g/mol. The van der Waals surface area contributed by atoms with E-state index in [9.17, 15) is 29.3 Å². The van der Waals surface area contributed by atoms with Crippen LogP contribution in [0, 0.1) is 33.8 Å². The summed E-state index contributed by atoms with van der Waals surface area (Å²) < 4.78 is 5.09. The number of hydrogen-bond donors (Lipinski definition) is 0. The minimum absolute atomic E-state index is 0.0834. The molecule has 0 spiro atoms. The Labute approximate surface area is 187 Å². The fourth-order valence-corrected chi connectivity index (χ4v) is 5.00. The van der Waals surface area contributed by atoms with Crippen molar-refractivity contribution in [2.75, 3.05) is 11.5 Å². The molecule has 9 nitrogen and oxygen atoms in total. The largest absolute Gasteiger partial charge is 0.454 e. The molecule has 0 unspecified atom stereocenters. The number of ether oxygens (including phenoxy) is 1. The van der Waals surface area contributed by atoms with Crippen molar-refractivity contribution in [2.24, 2.45) is 23.7 Å². The zero-order valence-corrected chi connectivity index (χ0v) is 17.2. The first-order valence-corrected chi connectivity index (χ1v) is 10.5. The zero-order valence-electron chi connectivity index (χ0n) is 17.2. The molecule has 2 aromatic carbocycles. The summed E-state index contributed by atoms with van der Waals surface area (Å²) in [5.74, 6) is -2.32. The van der Waals surface area contributed by atoms with Gasteiger partial charge in [-0.15, -0.1) is 0 Å². The molecule has 166 valence electrons. The molecule has 1 heterocycles. The van der Waals surface area contributed by atoms with Crippen molar-refractivity contribution < 1.29 is 28.8 Å². The quantitative estimate of drug-likeness (QED) is 0.167. The summed E-state index contributed by atoms with van der Waals surface area (Å²) in [6.45, 7) is -0.554. The number of imide groups is 1. The van der Waals surface area contributed by atoms with Crippen LogP contribution >= 0.6 is 0 Å². The van der Waals surface area contributed by atoms with Crippen molar-refractivity contribution in [3.8, 4) is 0 Å². The second-order valence-corrected chi connectivity index (χ2v) is 8.37. The molecule has 4 atom stereocenters. The molecule has 0 radical (unpaired) electrons. The van der Waals surface area contributed by atoms with Gasteiger partial charge in [0.05, 0.1) is 28.0 Å². The number of anilines is 1. The van der Waals surface area contributed by atoms with Gasteiger partial charge >= 0.3 is 5.97 Å². The molecule has 9 heteroatoms. The van der Waals surface area contributed by atoms with Crippen LogP contribution in [0.3, 0.4) is 0 Å². The molecule has 1 saturated heterocycles. The van der Waals surface area contributed by atoms with Crippen molar-refractivity contribution >= 4 is 34.9 Å². The van der Waals surface area contributed by atoms with Crippen LogP contribution in [0.4, 0.5) is 11.4 Å². The Morgan fingerprint density at radius 2 is 1.61 bits per heavy atom. The maximum absolute atomic E-state index is 13.0. The van der Waals surface area contributed by atoms with Crippen LogP contribution in [0.1, 0.15) is 27.1 Å². The fourth-order valence-electron chi connectivity index (χ4n) is 5.00. The minimum Gasteiger partial charge on any atom is -0.454 e. The summed E-state index contributed by atoms with van der Waals surface area (Å²) in [5.41, 5.74) is 0.419. The molecule has 2 bridgehead atoms. The van der Waals surface area contributed by atoms with E-state index < -0.39 is 23.3 Å². The standard InChI is InChI=1S/C24H18N2O7/c27-19(13-6-8-17(9-7-13)26(31)32)12-33-24(30)16-2-1-3-18(11-16)25-22(28)20-14-4-5-15(10-14)21(20)23(25)29/h1-9,11,14-15,20-21H,10,12H2/t14-,15-,20-,21+/m0/s1. The number of nitro groups is 1. The first kappa shape index (κ1) is 20.7. The van der Waals surface area contributed by atoms with Gasteiger partial charge in [-0.2, -0.15) is 0 Å². The van der Waals surface area contributed by atoms with Gasteiger partial charge in [0.2, 0.25) is 11.8 Å². The van der Waals surface area contributed by atoms with Crippen LogP contribution in [0.15, 0.2) is 60.7 Å². The maximum atomic E-state index is 13.0. The fraction of sp³-hybridized carbons (Fsp3) is 0.250. The maximum Gasteiger partial charge on any atom is 0.338 e. The van der Waals surface area contributed by atoms with Gasteiger partial charge in [0, 0.05) is 17.7 Å². The van der Waals surface area contributed by atoms with E-state index in [1.807, 2.05) is 12.2 Å². The van der Waals surface area contributed by atoms with E-state index >= 15 is 0 Å². The number of nitro benzene ring substituents is 1. The van der Waals surface area contributed by atoms with Gasteiger partial charge in [-0.05, 0) is 48.6 Å². The number of ketones is 1. The molecule has 2 fully saturated rings. The highest BCUT2D eigenvalue weighted by Crippen LogP contribution is 2.53. The number of fused-ring (bicyclic) bond motifs is 5. The number of hydrogen-bond acceptors (Lipinski definition) is 7. The number of amides is 2. The van der Waals surface area contributed by atoms with Crippen molar-refractivity contribution in [3.05, 3.63) is 81.9 Å². The lowest BCUT2D eigenvalue weighted by atomic mass is 9.85. The van der Waals surface area contributed by atoms with Crippen LogP contribution in [0.2, 0.25) is 0 Å². The average Bonchev–Trinajstić information content (AvgIpc) is 3.51. The molecule has 0 N–H and O–H groups in total. The van der Waals surface area contributed by atoms with Crippen molar-refractivity contribution in [3.63, 3.8) is 0 Å². The van der Waals surface area contributed by atoms with Crippen LogP contribution in [0.25, 0.3) is 0 Å². The molecule has 2 aromatic rings. The van der Waals surface area contributed by atoms with Crippen molar-refractivity contribution in [1.82, 2.24) is 0 Å². The van der Waals surface area contributed by atoms with Crippen molar-refractivity contribution in [1.29, 1.82) is 0 Å². The van der Waals surface area contributed by atoms with E-state index in [1.54, 1.807) is 12.1 Å². The minimum atomic E-state index is -0.784. The lowest BCUT2D eigenvalue weighted by molar-refractivity contribution is -0.384. The Morgan fingerprint density at radius 3 is 2.21 bits per heavy atom. The van der Waals surface area contributed by atoms with Gasteiger partial charge in [0.25, 0.3) is 5.69 Å². The second kappa shape index (κ2) is 7.77. The number of carbonyl (C=O) groups excluding carboxylic acids is 4. The van der Waals surface area contributed by atoms with Gasteiger partial charge in [-0.3, -0.25) is 24.5 Å². The van der Waals surface area contributed by atoms with E-state index in [0.29, 0.717) is 5.69 Å². The summed E-state index contributed by atoms with van der Waals surface area (Å²) in [7, 11) is 0. The highest BCUT2D eigenvalue weighted by Gasteiger charge is 2.59.